The van der Waals surface area contributed by atoms with E-state index in [0.29, 0.717) is 11.3 Å². The van der Waals surface area contributed by atoms with E-state index in [9.17, 15) is 14.0 Å². The monoisotopic (exact) mass is 334 g/mol. The van der Waals surface area contributed by atoms with Crippen molar-refractivity contribution in [3.05, 3.63) is 53.2 Å². The molecule has 1 heterocycles. The van der Waals surface area contributed by atoms with Crippen LogP contribution in [-0.4, -0.2) is 24.6 Å². The predicted octanol–water partition coefficient (Wildman–Crippen LogP) is 1.01. The van der Waals surface area contributed by atoms with E-state index in [0.717, 1.165) is 0 Å². The smallest absolute Gasteiger partial charge is 0.323 e. The van der Waals surface area contributed by atoms with Gasteiger partial charge in [0.1, 0.15) is 23.9 Å². The molecule has 1 aromatic carbocycles. The van der Waals surface area contributed by atoms with Gasteiger partial charge in [0, 0.05) is 0 Å². The maximum atomic E-state index is 13.2. The Hall–Kier alpha value is -3.03. The van der Waals surface area contributed by atoms with Crippen LogP contribution in [0.2, 0.25) is 0 Å². The highest BCUT2D eigenvalue weighted by Crippen LogP contribution is 2.16. The van der Waals surface area contributed by atoms with Gasteiger partial charge in [-0.1, -0.05) is 6.58 Å². The van der Waals surface area contributed by atoms with Gasteiger partial charge in [0.2, 0.25) is 0 Å². The summed E-state index contributed by atoms with van der Waals surface area (Å²) in [5, 5.41) is 7.36. The number of carbonyl (C=O) groups is 2. The number of aryl methyl sites for hydroxylation is 1. The number of amides is 3. The summed E-state index contributed by atoms with van der Waals surface area (Å²) < 4.78 is 18.7. The number of benzene rings is 1. The van der Waals surface area contributed by atoms with Crippen molar-refractivity contribution in [3.63, 3.8) is 0 Å². The first-order valence-electron chi connectivity index (χ1n) is 7.24. The number of carbonyl (C=O) groups excluding carboxylic acids is 2. The third-order valence-corrected chi connectivity index (χ3v) is 3.33. The largest absolute Gasteiger partial charge is 0.491 e. The van der Waals surface area contributed by atoms with Crippen molar-refractivity contribution in [1.82, 2.24) is 16.0 Å². The molecule has 3 amide bonds. The molecule has 1 aliphatic rings. The van der Waals surface area contributed by atoms with Crippen molar-refractivity contribution in [2.75, 3.05) is 6.61 Å². The van der Waals surface area contributed by atoms with Crippen molar-refractivity contribution >= 4 is 11.9 Å². The van der Waals surface area contributed by atoms with E-state index < -0.39 is 11.9 Å². The predicted molar refractivity (Wildman–Crippen MR) is 86.3 cm³/mol. The summed E-state index contributed by atoms with van der Waals surface area (Å²) in [6.07, 6.45) is 0. The fourth-order valence-electron chi connectivity index (χ4n) is 2.01. The maximum Gasteiger partial charge on any atom is 0.323 e. The van der Waals surface area contributed by atoms with Gasteiger partial charge in [0.15, 0.2) is 0 Å². The summed E-state index contributed by atoms with van der Waals surface area (Å²) in [5.41, 5.74) is 6.37. The first-order valence-corrected chi connectivity index (χ1v) is 7.24. The van der Waals surface area contributed by atoms with Crippen LogP contribution in [0.25, 0.3) is 0 Å². The molecule has 7 nitrogen and oxygen atoms in total. The lowest BCUT2D eigenvalue weighted by Crippen LogP contribution is -2.49. The van der Waals surface area contributed by atoms with Crippen molar-refractivity contribution in [3.8, 4) is 5.75 Å². The summed E-state index contributed by atoms with van der Waals surface area (Å²) in [5.74, 6) is -0.361. The van der Waals surface area contributed by atoms with Crippen LogP contribution in [0.3, 0.4) is 0 Å². The van der Waals surface area contributed by atoms with Crippen molar-refractivity contribution in [1.29, 1.82) is 0 Å². The van der Waals surface area contributed by atoms with Crippen LogP contribution in [0.15, 0.2) is 41.9 Å². The van der Waals surface area contributed by atoms with Gasteiger partial charge in [-0.3, -0.25) is 4.79 Å². The second-order valence-electron chi connectivity index (χ2n) is 5.44. The molecule has 2 rings (SSSR count). The van der Waals surface area contributed by atoms with Crippen LogP contribution in [0.4, 0.5) is 9.18 Å². The normalized spacial score (nSPS) is 15.5. The zero-order valence-electron chi connectivity index (χ0n) is 13.4. The molecule has 1 aromatic rings. The summed E-state index contributed by atoms with van der Waals surface area (Å²) in [7, 11) is 0. The van der Waals surface area contributed by atoms with E-state index in [4.69, 9.17) is 10.5 Å². The molecule has 8 heteroatoms. The molecule has 0 saturated carbocycles. The lowest BCUT2D eigenvalue weighted by Gasteiger charge is -2.22. The highest BCUT2D eigenvalue weighted by atomic mass is 19.1. The van der Waals surface area contributed by atoms with Crippen molar-refractivity contribution in [2.24, 2.45) is 5.73 Å². The molecule has 5 N–H and O–H groups in total. The minimum atomic E-state index is -0.579. The van der Waals surface area contributed by atoms with Crippen LogP contribution in [0.5, 0.6) is 5.75 Å². The lowest BCUT2D eigenvalue weighted by molar-refractivity contribution is -0.118. The molecule has 0 unspecified atom stereocenters. The fourth-order valence-corrected chi connectivity index (χ4v) is 2.01. The number of nitrogens with two attached hydrogens (primary N) is 1. The van der Waals surface area contributed by atoms with Crippen LogP contribution < -0.4 is 26.4 Å². The van der Waals surface area contributed by atoms with Crippen molar-refractivity contribution < 1.29 is 18.7 Å². The third-order valence-electron chi connectivity index (χ3n) is 3.33. The van der Waals surface area contributed by atoms with Crippen LogP contribution >= 0.6 is 0 Å². The average Bonchev–Trinajstić information content (AvgIpc) is 2.52. The highest BCUT2D eigenvalue weighted by molar-refractivity contribution is 6.00. The number of ether oxygens (including phenoxy) is 1. The lowest BCUT2D eigenvalue weighted by atomic mass is 10.2. The zero-order valence-corrected chi connectivity index (χ0v) is 13.4. The molecule has 0 fully saturated rings. The molecule has 0 radical (unpaired) electrons. The number of halogens is 1. The van der Waals surface area contributed by atoms with E-state index in [1.54, 1.807) is 19.9 Å². The SMILES string of the molecule is C=C1NC(=O)NC(C(=O)N[C@H](C)COc2ccc(F)c(C)c2)=C1N. The first kappa shape index (κ1) is 17.3. The number of nitrogens with one attached hydrogen (secondary N) is 3. The fraction of sp³-hybridized carbons (Fsp3) is 0.250. The molecule has 0 spiro atoms. The first-order chi connectivity index (χ1) is 11.3. The molecule has 1 aliphatic heterocycles. The number of rotatable bonds is 5. The Morgan fingerprint density at radius 1 is 1.46 bits per heavy atom. The van der Waals surface area contributed by atoms with Gasteiger partial charge in [0.05, 0.1) is 17.4 Å². The van der Waals surface area contributed by atoms with Crippen LogP contribution in [-0.2, 0) is 4.79 Å². The summed E-state index contributed by atoms with van der Waals surface area (Å²) in [6.45, 7) is 7.08. The highest BCUT2D eigenvalue weighted by Gasteiger charge is 2.24. The van der Waals surface area contributed by atoms with E-state index in [1.807, 2.05) is 0 Å². The Morgan fingerprint density at radius 2 is 2.17 bits per heavy atom. The van der Waals surface area contributed by atoms with E-state index in [-0.39, 0.29) is 35.6 Å². The molecule has 1 atom stereocenters. The zero-order chi connectivity index (χ0) is 17.9. The molecule has 24 heavy (non-hydrogen) atoms. The van der Waals surface area contributed by atoms with E-state index >= 15 is 0 Å². The average molecular weight is 334 g/mol. The molecule has 128 valence electrons. The second kappa shape index (κ2) is 7.03. The quantitative estimate of drug-likeness (QED) is 0.645. The summed E-state index contributed by atoms with van der Waals surface area (Å²) >= 11 is 0. The Kier molecular flexibility index (Phi) is 5.08. The minimum Gasteiger partial charge on any atom is -0.491 e. The Bertz CT molecular complexity index is 730. The molecule has 0 aromatic heterocycles. The van der Waals surface area contributed by atoms with E-state index in [2.05, 4.69) is 22.5 Å². The van der Waals surface area contributed by atoms with E-state index in [1.165, 1.54) is 12.1 Å². The van der Waals surface area contributed by atoms with Crippen LogP contribution in [0, 0.1) is 12.7 Å². The number of hydrogen-bond donors (Lipinski definition) is 4. The minimum absolute atomic E-state index is 0.0618. The van der Waals surface area contributed by atoms with Crippen molar-refractivity contribution in [2.45, 2.75) is 19.9 Å². The molecule has 0 bridgehead atoms. The van der Waals surface area contributed by atoms with Gasteiger partial charge in [0.25, 0.3) is 5.91 Å². The second-order valence-corrected chi connectivity index (χ2v) is 5.44. The molecule has 0 saturated heterocycles. The Morgan fingerprint density at radius 3 is 2.83 bits per heavy atom. The van der Waals surface area contributed by atoms with Gasteiger partial charge >= 0.3 is 6.03 Å². The number of hydrogen-bond acceptors (Lipinski definition) is 4. The summed E-state index contributed by atoms with van der Waals surface area (Å²) in [4.78, 5) is 23.6. The molecule has 0 aliphatic carbocycles. The standard InChI is InChI=1S/C16H19FN4O3/c1-8-6-11(4-5-12(8)17)24-7-9(2)19-15(22)14-13(18)10(3)20-16(23)21-14/h4-6,9H,3,7,18H2,1-2H3,(H,19,22)(H2,20,21,23)/t9-/m1/s1. The van der Waals surface area contributed by atoms with Gasteiger partial charge in [-0.2, -0.15) is 0 Å². The molecular weight excluding hydrogens is 315 g/mol. The van der Waals surface area contributed by atoms with Gasteiger partial charge < -0.3 is 26.4 Å². The topological polar surface area (TPSA) is 105 Å². The number of urea groups is 1. The maximum absolute atomic E-state index is 13.2. The summed E-state index contributed by atoms with van der Waals surface area (Å²) in [6, 6.07) is 3.44. The van der Waals surface area contributed by atoms with Gasteiger partial charge in [-0.05, 0) is 37.6 Å². The van der Waals surface area contributed by atoms with Gasteiger partial charge in [-0.25, -0.2) is 9.18 Å². The Balaban J connectivity index is 1.94. The molecular formula is C16H19FN4O3. The van der Waals surface area contributed by atoms with Crippen LogP contribution in [0.1, 0.15) is 12.5 Å². The Labute approximate surface area is 138 Å². The third kappa shape index (κ3) is 4.03. The van der Waals surface area contributed by atoms with Gasteiger partial charge in [-0.15, -0.1) is 0 Å².